The van der Waals surface area contributed by atoms with Crippen LogP contribution in [-0.4, -0.2) is 63.8 Å². The highest BCUT2D eigenvalue weighted by molar-refractivity contribution is 5.96. The molecule has 1 N–H and O–H groups in total. The van der Waals surface area contributed by atoms with Gasteiger partial charge in [0.05, 0.1) is 17.8 Å². The van der Waals surface area contributed by atoms with Crippen molar-refractivity contribution in [3.05, 3.63) is 47.9 Å². The number of fused-ring (bicyclic) bond motifs is 1. The Kier molecular flexibility index (Phi) is 5.55. The van der Waals surface area contributed by atoms with Gasteiger partial charge in [-0.1, -0.05) is 12.8 Å². The molecule has 4 heterocycles. The van der Waals surface area contributed by atoms with E-state index in [9.17, 15) is 4.79 Å². The number of pyridine rings is 2. The highest BCUT2D eigenvalue weighted by Crippen LogP contribution is 2.31. The van der Waals surface area contributed by atoms with Crippen LogP contribution in [0.5, 0.6) is 0 Å². The van der Waals surface area contributed by atoms with Gasteiger partial charge in [-0.3, -0.25) is 4.79 Å². The van der Waals surface area contributed by atoms with E-state index in [1.54, 1.807) is 6.20 Å². The normalized spacial score (nSPS) is 18.0. The molecule has 2 fully saturated rings. The third-order valence-electron chi connectivity index (χ3n) is 6.46. The molecule has 0 unspecified atom stereocenters. The molecule has 8 nitrogen and oxygen atoms in total. The molecule has 0 aromatic carbocycles. The van der Waals surface area contributed by atoms with Crippen LogP contribution in [-0.2, 0) is 6.54 Å². The smallest absolute Gasteiger partial charge is 0.253 e. The predicted octanol–water partition coefficient (Wildman–Crippen LogP) is 2.62. The number of hydrogen-bond donors (Lipinski definition) is 1. The van der Waals surface area contributed by atoms with Gasteiger partial charge in [0.2, 0.25) is 0 Å². The minimum absolute atomic E-state index is 0.124. The van der Waals surface area contributed by atoms with E-state index in [0.29, 0.717) is 18.2 Å². The van der Waals surface area contributed by atoms with E-state index in [-0.39, 0.29) is 5.91 Å². The van der Waals surface area contributed by atoms with Gasteiger partial charge < -0.3 is 15.1 Å². The minimum Gasteiger partial charge on any atom is -0.354 e. The van der Waals surface area contributed by atoms with Crippen LogP contribution in [0, 0.1) is 0 Å². The lowest BCUT2D eigenvalue weighted by atomic mass is 10.2. The van der Waals surface area contributed by atoms with Crippen LogP contribution >= 0.6 is 0 Å². The Bertz CT molecular complexity index is 1060. The van der Waals surface area contributed by atoms with Crippen molar-refractivity contribution in [2.45, 2.75) is 38.3 Å². The summed E-state index contributed by atoms with van der Waals surface area (Å²) in [6, 6.07) is 6.34. The van der Waals surface area contributed by atoms with E-state index in [2.05, 4.69) is 43.3 Å². The van der Waals surface area contributed by atoms with Crippen LogP contribution in [0.25, 0.3) is 11.0 Å². The van der Waals surface area contributed by atoms with Crippen molar-refractivity contribution < 1.29 is 4.79 Å². The van der Waals surface area contributed by atoms with Crippen molar-refractivity contribution >= 4 is 22.8 Å². The van der Waals surface area contributed by atoms with Gasteiger partial charge in [0.15, 0.2) is 5.65 Å². The second-order valence-corrected chi connectivity index (χ2v) is 8.66. The Morgan fingerprint density at radius 3 is 2.71 bits per heavy atom. The molecule has 1 saturated heterocycles. The van der Waals surface area contributed by atoms with Gasteiger partial charge in [-0.15, -0.1) is 0 Å². The number of nitrogens with one attached hydrogen (secondary N) is 1. The minimum atomic E-state index is -0.124. The van der Waals surface area contributed by atoms with Gasteiger partial charge >= 0.3 is 0 Å². The quantitative estimate of drug-likeness (QED) is 0.685. The van der Waals surface area contributed by atoms with E-state index < -0.39 is 0 Å². The summed E-state index contributed by atoms with van der Waals surface area (Å²) in [4.78, 5) is 26.4. The van der Waals surface area contributed by atoms with Crippen LogP contribution in [0.15, 0.2) is 36.8 Å². The first kappa shape index (κ1) is 19.9. The molecule has 0 atom stereocenters. The summed E-state index contributed by atoms with van der Waals surface area (Å²) in [5.74, 6) is 0.850. The van der Waals surface area contributed by atoms with Crippen molar-refractivity contribution in [1.82, 2.24) is 30.0 Å². The molecule has 2 aliphatic rings. The highest BCUT2D eigenvalue weighted by atomic mass is 16.1. The second-order valence-electron chi connectivity index (χ2n) is 8.66. The summed E-state index contributed by atoms with van der Waals surface area (Å²) in [5, 5.41) is 8.47. The number of hydrogen-bond acceptors (Lipinski definition) is 6. The Morgan fingerprint density at radius 1 is 1.10 bits per heavy atom. The van der Waals surface area contributed by atoms with E-state index in [1.165, 1.54) is 12.8 Å². The summed E-state index contributed by atoms with van der Waals surface area (Å²) < 4.78 is 2.03. The lowest BCUT2D eigenvalue weighted by Crippen LogP contribution is -2.44. The highest BCUT2D eigenvalue weighted by Gasteiger charge is 2.21. The molecule has 1 saturated carbocycles. The van der Waals surface area contributed by atoms with Gasteiger partial charge in [-0.25, -0.2) is 14.6 Å². The van der Waals surface area contributed by atoms with E-state index in [1.807, 2.05) is 29.2 Å². The molecule has 1 aliphatic carbocycles. The van der Waals surface area contributed by atoms with Crippen LogP contribution in [0.4, 0.5) is 5.82 Å². The van der Waals surface area contributed by atoms with Gasteiger partial charge in [0, 0.05) is 50.5 Å². The maximum absolute atomic E-state index is 12.7. The SMILES string of the molecule is CN1CCN(c2cc(CNC(=O)c3cnc4c(cnn4C4CCCC4)c3)ccn2)CC1. The third-order valence-corrected chi connectivity index (χ3v) is 6.46. The summed E-state index contributed by atoms with van der Waals surface area (Å²) >= 11 is 0. The monoisotopic (exact) mass is 419 g/mol. The first-order valence-electron chi connectivity index (χ1n) is 11.2. The number of likely N-dealkylation sites (N-methyl/N-ethyl adjacent to an activating group) is 1. The zero-order valence-corrected chi connectivity index (χ0v) is 18.0. The molecule has 3 aromatic heterocycles. The fourth-order valence-corrected chi connectivity index (χ4v) is 4.54. The molecule has 1 aliphatic heterocycles. The topological polar surface area (TPSA) is 79.2 Å². The first-order valence-corrected chi connectivity index (χ1v) is 11.2. The molecule has 31 heavy (non-hydrogen) atoms. The summed E-state index contributed by atoms with van der Waals surface area (Å²) in [7, 11) is 2.14. The molecule has 0 radical (unpaired) electrons. The average Bonchev–Trinajstić information content (AvgIpc) is 3.47. The van der Waals surface area contributed by atoms with E-state index in [4.69, 9.17) is 0 Å². The van der Waals surface area contributed by atoms with Crippen molar-refractivity contribution in [3.63, 3.8) is 0 Å². The van der Waals surface area contributed by atoms with Gasteiger partial charge in [0.1, 0.15) is 5.82 Å². The Labute approximate surface area is 182 Å². The van der Waals surface area contributed by atoms with Crippen LogP contribution in [0.3, 0.4) is 0 Å². The lowest BCUT2D eigenvalue weighted by Gasteiger charge is -2.33. The number of carbonyl (C=O) groups excluding carboxylic acids is 1. The van der Waals surface area contributed by atoms with Gasteiger partial charge in [0.25, 0.3) is 5.91 Å². The lowest BCUT2D eigenvalue weighted by molar-refractivity contribution is 0.0950. The number of piperazine rings is 1. The molecule has 1 amide bonds. The Balaban J connectivity index is 1.24. The number of anilines is 1. The Morgan fingerprint density at radius 2 is 1.90 bits per heavy atom. The van der Waals surface area contributed by atoms with Crippen molar-refractivity contribution in [3.8, 4) is 0 Å². The molecule has 0 spiro atoms. The summed E-state index contributed by atoms with van der Waals surface area (Å²) in [6.07, 6.45) is 10.1. The largest absolute Gasteiger partial charge is 0.354 e. The van der Waals surface area contributed by atoms with Crippen LogP contribution in [0.1, 0.15) is 47.6 Å². The van der Waals surface area contributed by atoms with Crippen molar-refractivity contribution in [2.75, 3.05) is 38.1 Å². The maximum Gasteiger partial charge on any atom is 0.253 e. The van der Waals surface area contributed by atoms with Gasteiger partial charge in [-0.2, -0.15) is 5.10 Å². The number of nitrogens with zero attached hydrogens (tertiary/aromatic N) is 6. The van der Waals surface area contributed by atoms with Crippen LogP contribution < -0.4 is 10.2 Å². The third kappa shape index (κ3) is 4.25. The standard InChI is InChI=1S/C23H29N7O/c1-28-8-10-29(11-9-28)21-12-17(6-7-24-21)14-26-23(31)19-13-18-16-27-30(22(18)25-15-19)20-4-2-3-5-20/h6-7,12-13,15-16,20H,2-5,8-11,14H2,1H3,(H,26,31). The van der Waals surface area contributed by atoms with Crippen molar-refractivity contribution in [2.24, 2.45) is 0 Å². The number of aromatic nitrogens is 4. The van der Waals surface area contributed by atoms with E-state index >= 15 is 0 Å². The molecular weight excluding hydrogens is 390 g/mol. The van der Waals surface area contributed by atoms with Crippen molar-refractivity contribution in [1.29, 1.82) is 0 Å². The van der Waals surface area contributed by atoms with E-state index in [0.717, 1.165) is 61.4 Å². The summed E-state index contributed by atoms with van der Waals surface area (Å²) in [6.45, 7) is 4.48. The van der Waals surface area contributed by atoms with Crippen LogP contribution in [0.2, 0.25) is 0 Å². The zero-order chi connectivity index (χ0) is 21.2. The first-order chi connectivity index (χ1) is 15.2. The zero-order valence-electron chi connectivity index (χ0n) is 18.0. The molecule has 0 bridgehead atoms. The molecule has 3 aromatic rings. The number of rotatable bonds is 5. The fourth-order valence-electron chi connectivity index (χ4n) is 4.54. The molecule has 8 heteroatoms. The number of amides is 1. The molecular formula is C23H29N7O. The molecule has 162 valence electrons. The Hall–Kier alpha value is -3.00. The second kappa shape index (κ2) is 8.63. The average molecular weight is 420 g/mol. The predicted molar refractivity (Wildman–Crippen MR) is 120 cm³/mol. The molecule has 5 rings (SSSR count). The fraction of sp³-hybridized carbons (Fsp3) is 0.478. The number of carbonyl (C=O) groups is 1. The maximum atomic E-state index is 12.7. The van der Waals surface area contributed by atoms with Gasteiger partial charge in [-0.05, 0) is 43.7 Å². The summed E-state index contributed by atoms with van der Waals surface area (Å²) in [5.41, 5.74) is 2.47.